The Bertz CT molecular complexity index is 310. The zero-order chi connectivity index (χ0) is 9.26. The van der Waals surface area contributed by atoms with Gasteiger partial charge in [-0.05, 0) is 17.7 Å². The SMILES string of the molecule is COc1ccc([C@H]2CC(=O)N2)cc1. The Morgan fingerprint density at radius 2 is 2.00 bits per heavy atom. The van der Waals surface area contributed by atoms with E-state index in [2.05, 4.69) is 5.32 Å². The lowest BCUT2D eigenvalue weighted by Crippen LogP contribution is -2.41. The quantitative estimate of drug-likeness (QED) is 0.690. The number of carbonyl (C=O) groups is 1. The van der Waals surface area contributed by atoms with Crippen LogP contribution in [-0.4, -0.2) is 13.0 Å². The van der Waals surface area contributed by atoms with Crippen LogP contribution in [-0.2, 0) is 4.79 Å². The number of hydrogen-bond acceptors (Lipinski definition) is 2. The van der Waals surface area contributed by atoms with E-state index in [1.54, 1.807) is 7.11 Å². The van der Waals surface area contributed by atoms with E-state index >= 15 is 0 Å². The molecule has 0 spiro atoms. The molecule has 2 rings (SSSR count). The Labute approximate surface area is 76.7 Å². The summed E-state index contributed by atoms with van der Waals surface area (Å²) in [6.45, 7) is 0. The van der Waals surface area contributed by atoms with Gasteiger partial charge in [0.15, 0.2) is 0 Å². The molecule has 3 nitrogen and oxygen atoms in total. The van der Waals surface area contributed by atoms with Crippen LogP contribution in [0.5, 0.6) is 5.75 Å². The van der Waals surface area contributed by atoms with Crippen LogP contribution in [0.25, 0.3) is 0 Å². The van der Waals surface area contributed by atoms with Crippen molar-refractivity contribution in [2.75, 3.05) is 7.11 Å². The second-order valence-corrected chi connectivity index (χ2v) is 3.10. The number of rotatable bonds is 2. The van der Waals surface area contributed by atoms with Crippen LogP contribution in [0.3, 0.4) is 0 Å². The smallest absolute Gasteiger partial charge is 0.222 e. The summed E-state index contributed by atoms with van der Waals surface area (Å²) in [5.74, 6) is 0.968. The Hall–Kier alpha value is -1.51. The molecule has 0 saturated carbocycles. The summed E-state index contributed by atoms with van der Waals surface area (Å²) >= 11 is 0. The number of benzene rings is 1. The average Bonchev–Trinajstić information content (AvgIpc) is 2.13. The van der Waals surface area contributed by atoms with Crippen molar-refractivity contribution in [2.45, 2.75) is 12.5 Å². The van der Waals surface area contributed by atoms with Crippen molar-refractivity contribution in [3.63, 3.8) is 0 Å². The lowest BCUT2D eigenvalue weighted by atomic mass is 9.97. The molecule has 0 radical (unpaired) electrons. The summed E-state index contributed by atoms with van der Waals surface area (Å²) < 4.78 is 5.03. The number of carbonyl (C=O) groups excluding carboxylic acids is 1. The number of nitrogens with one attached hydrogen (secondary N) is 1. The predicted octanol–water partition coefficient (Wildman–Crippen LogP) is 1.26. The molecule has 0 unspecified atom stereocenters. The van der Waals surface area contributed by atoms with Gasteiger partial charge in [-0.3, -0.25) is 4.79 Å². The minimum Gasteiger partial charge on any atom is -0.497 e. The number of methoxy groups -OCH3 is 1. The van der Waals surface area contributed by atoms with E-state index < -0.39 is 0 Å². The number of β-lactam (4-membered cyclic amide) rings is 1. The first-order chi connectivity index (χ1) is 6.29. The van der Waals surface area contributed by atoms with Crippen molar-refractivity contribution in [3.05, 3.63) is 29.8 Å². The summed E-state index contributed by atoms with van der Waals surface area (Å²) in [7, 11) is 1.64. The van der Waals surface area contributed by atoms with Crippen LogP contribution in [0.1, 0.15) is 18.0 Å². The van der Waals surface area contributed by atoms with E-state index in [1.807, 2.05) is 24.3 Å². The molecule has 0 aromatic heterocycles. The standard InChI is InChI=1S/C10H11NO2/c1-13-8-4-2-7(3-5-8)9-6-10(12)11-9/h2-5,9H,6H2,1H3,(H,11,12)/t9-/m1/s1. The highest BCUT2D eigenvalue weighted by molar-refractivity contribution is 5.83. The molecule has 1 fully saturated rings. The van der Waals surface area contributed by atoms with Crippen molar-refractivity contribution in [3.8, 4) is 5.75 Å². The molecule has 1 heterocycles. The zero-order valence-corrected chi connectivity index (χ0v) is 7.41. The van der Waals surface area contributed by atoms with Crippen LogP contribution in [0, 0.1) is 0 Å². The lowest BCUT2D eigenvalue weighted by molar-refractivity contribution is -0.128. The van der Waals surface area contributed by atoms with Crippen LogP contribution < -0.4 is 10.1 Å². The van der Waals surface area contributed by atoms with Gasteiger partial charge in [0.25, 0.3) is 0 Å². The Morgan fingerprint density at radius 1 is 1.38 bits per heavy atom. The van der Waals surface area contributed by atoms with Gasteiger partial charge in [-0.15, -0.1) is 0 Å². The van der Waals surface area contributed by atoms with Gasteiger partial charge in [-0.25, -0.2) is 0 Å². The van der Waals surface area contributed by atoms with Gasteiger partial charge in [-0.1, -0.05) is 12.1 Å². The summed E-state index contributed by atoms with van der Waals surface area (Å²) in [5, 5.41) is 2.82. The molecule has 3 heteroatoms. The maximum Gasteiger partial charge on any atom is 0.222 e. The number of amides is 1. The molecule has 1 aromatic carbocycles. The van der Waals surface area contributed by atoms with Gasteiger partial charge in [0, 0.05) is 0 Å². The third-order valence-corrected chi connectivity index (χ3v) is 2.24. The van der Waals surface area contributed by atoms with E-state index in [-0.39, 0.29) is 11.9 Å². The van der Waals surface area contributed by atoms with Gasteiger partial charge >= 0.3 is 0 Å². The predicted molar refractivity (Wildman–Crippen MR) is 48.5 cm³/mol. The van der Waals surface area contributed by atoms with Crippen LogP contribution in [0.4, 0.5) is 0 Å². The largest absolute Gasteiger partial charge is 0.497 e. The normalized spacial score (nSPS) is 20.4. The summed E-state index contributed by atoms with van der Waals surface area (Å²) in [6.07, 6.45) is 0.604. The fourth-order valence-electron chi connectivity index (χ4n) is 1.40. The molecule has 1 aromatic rings. The summed E-state index contributed by atoms with van der Waals surface area (Å²) in [5.41, 5.74) is 1.14. The van der Waals surface area contributed by atoms with Crippen molar-refractivity contribution in [2.24, 2.45) is 0 Å². The Balaban J connectivity index is 2.10. The van der Waals surface area contributed by atoms with E-state index in [9.17, 15) is 4.79 Å². The van der Waals surface area contributed by atoms with Crippen molar-refractivity contribution in [1.82, 2.24) is 5.32 Å². The molecule has 1 N–H and O–H groups in total. The van der Waals surface area contributed by atoms with Gasteiger partial charge in [0.1, 0.15) is 5.75 Å². The Morgan fingerprint density at radius 3 is 2.46 bits per heavy atom. The molecule has 0 aliphatic carbocycles. The van der Waals surface area contributed by atoms with E-state index in [1.165, 1.54) is 0 Å². The molecule has 1 amide bonds. The van der Waals surface area contributed by atoms with Gasteiger partial charge < -0.3 is 10.1 Å². The third kappa shape index (κ3) is 1.49. The van der Waals surface area contributed by atoms with Gasteiger partial charge in [-0.2, -0.15) is 0 Å². The topological polar surface area (TPSA) is 38.3 Å². The minimum atomic E-state index is 0.126. The van der Waals surface area contributed by atoms with Crippen molar-refractivity contribution >= 4 is 5.91 Å². The van der Waals surface area contributed by atoms with E-state index in [0.717, 1.165) is 11.3 Å². The van der Waals surface area contributed by atoms with Gasteiger partial charge in [0.05, 0.1) is 19.6 Å². The minimum absolute atomic E-state index is 0.126. The monoisotopic (exact) mass is 177 g/mol. The fraction of sp³-hybridized carbons (Fsp3) is 0.300. The highest BCUT2D eigenvalue weighted by atomic mass is 16.5. The first kappa shape index (κ1) is 8.10. The molecule has 68 valence electrons. The maximum absolute atomic E-state index is 10.7. The zero-order valence-electron chi connectivity index (χ0n) is 7.41. The Kier molecular flexibility index (Phi) is 1.93. The summed E-state index contributed by atoms with van der Waals surface area (Å²) in [4.78, 5) is 10.7. The average molecular weight is 177 g/mol. The van der Waals surface area contributed by atoms with Crippen molar-refractivity contribution < 1.29 is 9.53 Å². The van der Waals surface area contributed by atoms with Crippen LogP contribution in [0.15, 0.2) is 24.3 Å². The second-order valence-electron chi connectivity index (χ2n) is 3.10. The maximum atomic E-state index is 10.7. The molecule has 13 heavy (non-hydrogen) atoms. The molecule has 1 atom stereocenters. The third-order valence-electron chi connectivity index (χ3n) is 2.24. The van der Waals surface area contributed by atoms with E-state index in [0.29, 0.717) is 6.42 Å². The molecule has 1 aliphatic rings. The first-order valence-corrected chi connectivity index (χ1v) is 4.23. The van der Waals surface area contributed by atoms with Gasteiger partial charge in [0.2, 0.25) is 5.91 Å². The second kappa shape index (κ2) is 3.09. The summed E-state index contributed by atoms with van der Waals surface area (Å²) in [6, 6.07) is 7.96. The number of ether oxygens (including phenoxy) is 1. The van der Waals surface area contributed by atoms with Crippen LogP contribution >= 0.6 is 0 Å². The lowest BCUT2D eigenvalue weighted by Gasteiger charge is -2.27. The fourth-order valence-corrected chi connectivity index (χ4v) is 1.40. The highest BCUT2D eigenvalue weighted by Crippen LogP contribution is 2.25. The first-order valence-electron chi connectivity index (χ1n) is 4.23. The molecule has 0 bridgehead atoms. The van der Waals surface area contributed by atoms with Crippen LogP contribution in [0.2, 0.25) is 0 Å². The molecule has 1 aliphatic heterocycles. The van der Waals surface area contributed by atoms with Crippen molar-refractivity contribution in [1.29, 1.82) is 0 Å². The molecular formula is C10H11NO2. The number of hydrogen-bond donors (Lipinski definition) is 1. The molecular weight excluding hydrogens is 166 g/mol. The highest BCUT2D eigenvalue weighted by Gasteiger charge is 2.26. The van der Waals surface area contributed by atoms with E-state index in [4.69, 9.17) is 4.74 Å². The molecule has 1 saturated heterocycles.